The molecule has 1 saturated carbocycles. The molecule has 2 aromatic heterocycles. The summed E-state index contributed by atoms with van der Waals surface area (Å²) >= 11 is 0. The highest BCUT2D eigenvalue weighted by atomic mass is 16.5. The molecule has 0 spiro atoms. The molecule has 2 fully saturated rings. The first kappa shape index (κ1) is 15.1. The summed E-state index contributed by atoms with van der Waals surface area (Å²) in [7, 11) is 0. The maximum absolute atomic E-state index is 13.1. The van der Waals surface area contributed by atoms with Crippen LogP contribution in [0.1, 0.15) is 48.2 Å². The highest BCUT2D eigenvalue weighted by Crippen LogP contribution is 2.40. The molecular formula is C17H19N3O4. The van der Waals surface area contributed by atoms with Crippen LogP contribution in [0.3, 0.4) is 0 Å². The first-order valence-electron chi connectivity index (χ1n) is 8.33. The molecule has 126 valence electrons. The lowest BCUT2D eigenvalue weighted by atomic mass is 9.84. The van der Waals surface area contributed by atoms with Crippen molar-refractivity contribution in [3.05, 3.63) is 23.5 Å². The Morgan fingerprint density at radius 1 is 1.33 bits per heavy atom. The molecule has 4 rings (SSSR count). The monoisotopic (exact) mass is 329 g/mol. The number of carboxylic acid groups (broad SMARTS) is 1. The van der Waals surface area contributed by atoms with Gasteiger partial charge in [-0.1, -0.05) is 18.0 Å². The quantitative estimate of drug-likeness (QED) is 0.908. The molecule has 3 atom stereocenters. The number of pyridine rings is 1. The molecule has 2 aromatic rings. The number of carboxylic acids is 1. The molecule has 7 nitrogen and oxygen atoms in total. The lowest BCUT2D eigenvalue weighted by molar-refractivity contribution is -0.141. The number of carbonyl (C=O) groups is 2. The number of rotatable bonds is 2. The zero-order valence-electron chi connectivity index (χ0n) is 13.4. The number of nitrogens with zero attached hydrogens (tertiary/aromatic N) is 3. The first-order chi connectivity index (χ1) is 11.6. The fraction of sp³-hybridized carbons (Fsp3) is 0.529. The number of aryl methyl sites for hydroxylation is 1. The minimum atomic E-state index is -0.923. The van der Waals surface area contributed by atoms with Crippen molar-refractivity contribution in [3.63, 3.8) is 0 Å². The third-order valence-electron chi connectivity index (χ3n) is 5.36. The summed E-state index contributed by atoms with van der Waals surface area (Å²) in [4.78, 5) is 30.5. The van der Waals surface area contributed by atoms with Gasteiger partial charge in [-0.2, -0.15) is 0 Å². The van der Waals surface area contributed by atoms with Gasteiger partial charge < -0.3 is 14.5 Å². The lowest BCUT2D eigenvalue weighted by Gasteiger charge is -2.33. The van der Waals surface area contributed by atoms with Crippen LogP contribution in [0.2, 0.25) is 0 Å². The van der Waals surface area contributed by atoms with E-state index < -0.39 is 12.0 Å². The van der Waals surface area contributed by atoms with Crippen molar-refractivity contribution in [2.45, 2.75) is 51.1 Å². The Balaban J connectivity index is 1.71. The van der Waals surface area contributed by atoms with Gasteiger partial charge in [0.25, 0.3) is 11.6 Å². The number of hydrogen-bond donors (Lipinski definition) is 1. The van der Waals surface area contributed by atoms with Gasteiger partial charge in [0.2, 0.25) is 0 Å². The molecule has 24 heavy (non-hydrogen) atoms. The van der Waals surface area contributed by atoms with Crippen LogP contribution in [0.4, 0.5) is 0 Å². The van der Waals surface area contributed by atoms with E-state index in [0.717, 1.165) is 25.7 Å². The normalized spacial score (nSPS) is 26.5. The summed E-state index contributed by atoms with van der Waals surface area (Å²) in [6, 6.07) is 0.974. The smallest absolute Gasteiger partial charge is 0.326 e. The van der Waals surface area contributed by atoms with Crippen LogP contribution in [0.5, 0.6) is 0 Å². The van der Waals surface area contributed by atoms with Gasteiger partial charge in [-0.05, 0) is 38.2 Å². The van der Waals surface area contributed by atoms with Crippen LogP contribution in [-0.4, -0.2) is 44.1 Å². The molecule has 1 aliphatic carbocycles. The van der Waals surface area contributed by atoms with E-state index in [0.29, 0.717) is 28.8 Å². The van der Waals surface area contributed by atoms with Crippen LogP contribution in [-0.2, 0) is 4.79 Å². The van der Waals surface area contributed by atoms with Gasteiger partial charge in [-0.3, -0.25) is 4.79 Å². The second-order valence-corrected chi connectivity index (χ2v) is 6.76. The predicted molar refractivity (Wildman–Crippen MR) is 84.5 cm³/mol. The molecule has 1 amide bonds. The molecule has 0 unspecified atom stereocenters. The predicted octanol–water partition coefficient (Wildman–Crippen LogP) is 2.39. The van der Waals surface area contributed by atoms with Gasteiger partial charge in [0, 0.05) is 12.2 Å². The average molecular weight is 329 g/mol. The van der Waals surface area contributed by atoms with Crippen molar-refractivity contribution in [2.24, 2.45) is 5.92 Å². The molecule has 3 heterocycles. The Hall–Kier alpha value is -2.44. The van der Waals surface area contributed by atoms with Crippen LogP contribution >= 0.6 is 0 Å². The summed E-state index contributed by atoms with van der Waals surface area (Å²) in [6.07, 6.45) is 6.03. The molecular weight excluding hydrogens is 310 g/mol. The van der Waals surface area contributed by atoms with Crippen molar-refractivity contribution in [1.82, 2.24) is 15.0 Å². The van der Waals surface area contributed by atoms with E-state index in [-0.39, 0.29) is 17.9 Å². The highest BCUT2D eigenvalue weighted by molar-refractivity contribution is 5.99. The molecule has 0 aromatic carbocycles. The Bertz CT molecular complexity index is 815. The molecule has 1 saturated heterocycles. The highest BCUT2D eigenvalue weighted by Gasteiger charge is 2.47. The molecule has 1 N–H and O–H groups in total. The molecule has 1 aliphatic heterocycles. The Morgan fingerprint density at radius 3 is 2.92 bits per heavy atom. The van der Waals surface area contributed by atoms with Crippen molar-refractivity contribution in [2.75, 3.05) is 0 Å². The summed E-state index contributed by atoms with van der Waals surface area (Å²) < 4.78 is 5.07. The van der Waals surface area contributed by atoms with E-state index >= 15 is 0 Å². The summed E-state index contributed by atoms with van der Waals surface area (Å²) in [5.41, 5.74) is 1.45. The summed E-state index contributed by atoms with van der Waals surface area (Å²) in [5, 5.41) is 14.1. The van der Waals surface area contributed by atoms with Crippen LogP contribution in [0.25, 0.3) is 11.1 Å². The summed E-state index contributed by atoms with van der Waals surface area (Å²) in [5.74, 6) is -0.891. The van der Waals surface area contributed by atoms with E-state index in [1.165, 1.54) is 6.20 Å². The zero-order valence-corrected chi connectivity index (χ0v) is 13.4. The number of aromatic nitrogens is 2. The van der Waals surface area contributed by atoms with Gasteiger partial charge in [-0.25, -0.2) is 9.78 Å². The van der Waals surface area contributed by atoms with E-state index in [1.54, 1.807) is 17.9 Å². The molecule has 0 radical (unpaired) electrons. The van der Waals surface area contributed by atoms with Crippen molar-refractivity contribution in [1.29, 1.82) is 0 Å². The van der Waals surface area contributed by atoms with Gasteiger partial charge in [0.1, 0.15) is 6.04 Å². The zero-order chi connectivity index (χ0) is 16.8. The second kappa shape index (κ2) is 5.58. The lowest BCUT2D eigenvalue weighted by Crippen LogP contribution is -2.46. The van der Waals surface area contributed by atoms with Crippen LogP contribution in [0, 0.1) is 12.8 Å². The van der Waals surface area contributed by atoms with E-state index in [4.69, 9.17) is 4.52 Å². The number of aliphatic carboxylic acids is 1. The first-order valence-corrected chi connectivity index (χ1v) is 8.33. The Morgan fingerprint density at radius 2 is 2.12 bits per heavy atom. The number of hydrogen-bond acceptors (Lipinski definition) is 5. The van der Waals surface area contributed by atoms with Crippen molar-refractivity contribution >= 4 is 23.0 Å². The van der Waals surface area contributed by atoms with Crippen molar-refractivity contribution in [3.8, 4) is 0 Å². The van der Waals surface area contributed by atoms with Crippen LogP contribution in [0.15, 0.2) is 16.8 Å². The van der Waals surface area contributed by atoms with Gasteiger partial charge in [0.15, 0.2) is 0 Å². The largest absolute Gasteiger partial charge is 0.480 e. The SMILES string of the molecule is Cc1noc2ncc(C(=O)N3[C@H](C(=O)O)C[C@H]4CCCC[C@@H]43)cc12. The maximum atomic E-state index is 13.1. The van der Waals surface area contributed by atoms with Gasteiger partial charge >= 0.3 is 5.97 Å². The number of likely N-dealkylation sites (tertiary alicyclic amines) is 1. The third kappa shape index (κ3) is 2.26. The number of carbonyl (C=O) groups excluding carboxylic acids is 1. The van der Waals surface area contributed by atoms with Crippen molar-refractivity contribution < 1.29 is 19.2 Å². The third-order valence-corrected chi connectivity index (χ3v) is 5.36. The van der Waals surface area contributed by atoms with E-state index in [9.17, 15) is 14.7 Å². The second-order valence-electron chi connectivity index (χ2n) is 6.76. The van der Waals surface area contributed by atoms with E-state index in [1.807, 2.05) is 0 Å². The topological polar surface area (TPSA) is 96.5 Å². The molecule has 7 heteroatoms. The average Bonchev–Trinajstić information content (AvgIpc) is 3.15. The van der Waals surface area contributed by atoms with Gasteiger partial charge in [0.05, 0.1) is 16.6 Å². The Kier molecular flexibility index (Phi) is 3.51. The minimum Gasteiger partial charge on any atom is -0.480 e. The number of amides is 1. The van der Waals surface area contributed by atoms with Gasteiger partial charge in [-0.15, -0.1) is 0 Å². The van der Waals surface area contributed by atoms with E-state index in [2.05, 4.69) is 10.1 Å². The van der Waals surface area contributed by atoms with Crippen LogP contribution < -0.4 is 0 Å². The maximum Gasteiger partial charge on any atom is 0.326 e. The molecule has 2 aliphatic rings. The summed E-state index contributed by atoms with van der Waals surface area (Å²) in [6.45, 7) is 1.79. The molecule has 0 bridgehead atoms. The fourth-order valence-electron chi connectivity index (χ4n) is 4.18. The number of fused-ring (bicyclic) bond motifs is 2. The minimum absolute atomic E-state index is 0.0200. The fourth-order valence-corrected chi connectivity index (χ4v) is 4.18. The Labute approximate surface area is 138 Å². The standard InChI is InChI=1S/C17H19N3O4/c1-9-12-6-11(8-18-15(12)24-19-9)16(21)20-13-5-3-2-4-10(13)7-14(20)17(22)23/h6,8,10,13-14H,2-5,7H2,1H3,(H,22,23)/t10-,13+,14+/m1/s1.